The van der Waals surface area contributed by atoms with Gasteiger partial charge >= 0.3 is 5.97 Å². The molecule has 1 heterocycles. The molecule has 0 radical (unpaired) electrons. The fraction of sp³-hybridized carbons (Fsp3) is 0.304. The van der Waals surface area contributed by atoms with Crippen molar-refractivity contribution in [3.05, 3.63) is 65.9 Å². The smallest absolute Gasteiger partial charge is 0.315 e. The Bertz CT molecular complexity index is 929. The summed E-state index contributed by atoms with van der Waals surface area (Å²) in [4.78, 5) is 14.7. The summed E-state index contributed by atoms with van der Waals surface area (Å²) < 4.78 is 7.66. The molecule has 0 amide bonds. The van der Waals surface area contributed by atoms with Crippen molar-refractivity contribution in [1.82, 2.24) is 9.78 Å². The maximum absolute atomic E-state index is 12.7. The summed E-state index contributed by atoms with van der Waals surface area (Å²) in [6.45, 7) is 8.04. The maximum atomic E-state index is 12.7. The first-order valence-corrected chi connectivity index (χ1v) is 10.5. The van der Waals surface area contributed by atoms with Crippen LogP contribution >= 0.6 is 11.8 Å². The summed E-state index contributed by atoms with van der Waals surface area (Å²) in [5.41, 5.74) is 2.91. The second-order valence-corrected chi connectivity index (χ2v) is 7.90. The number of nitrogens with zero attached hydrogens (tertiary/aromatic N) is 2. The molecule has 0 aliphatic rings. The normalized spacial score (nSPS) is 11.0. The highest BCUT2D eigenvalue weighted by Crippen LogP contribution is 2.39. The summed E-state index contributed by atoms with van der Waals surface area (Å²) in [5, 5.41) is 4.68. The van der Waals surface area contributed by atoms with Crippen LogP contribution in [0.25, 0.3) is 5.69 Å². The second kappa shape index (κ2) is 9.11. The largest absolute Gasteiger partial charge is 0.406 e. The molecule has 0 aliphatic heterocycles. The molecule has 2 aromatic carbocycles. The first kappa shape index (κ1) is 20.2. The molecular weight excluding hydrogens is 368 g/mol. The van der Waals surface area contributed by atoms with Crippen LogP contribution in [0.15, 0.2) is 64.4 Å². The standard InChI is InChI=1S/C23H26N2O2S/c1-5-18(6-2)23(26)27-22-21(28-20-14-12-16(3)13-15-20)17(4)24-25(22)19-10-8-7-9-11-19/h7-15,18H,5-6H2,1-4H3. The molecule has 3 rings (SSSR count). The monoisotopic (exact) mass is 394 g/mol. The lowest BCUT2D eigenvalue weighted by Gasteiger charge is -2.14. The van der Waals surface area contributed by atoms with E-state index in [9.17, 15) is 4.79 Å². The van der Waals surface area contributed by atoms with E-state index in [4.69, 9.17) is 4.74 Å². The van der Waals surface area contributed by atoms with Crippen LogP contribution in [-0.4, -0.2) is 15.7 Å². The van der Waals surface area contributed by atoms with E-state index in [1.54, 1.807) is 16.4 Å². The van der Waals surface area contributed by atoms with Gasteiger partial charge in [0.1, 0.15) is 0 Å². The highest BCUT2D eigenvalue weighted by atomic mass is 32.2. The molecule has 0 unspecified atom stereocenters. The first-order valence-electron chi connectivity index (χ1n) is 9.64. The zero-order valence-corrected chi connectivity index (χ0v) is 17.6. The van der Waals surface area contributed by atoms with E-state index in [0.717, 1.165) is 34.0 Å². The fourth-order valence-electron chi connectivity index (χ4n) is 2.97. The number of para-hydroxylation sites is 1. The minimum Gasteiger partial charge on any atom is -0.406 e. The number of carbonyl (C=O) groups is 1. The summed E-state index contributed by atoms with van der Waals surface area (Å²) in [6.07, 6.45) is 1.52. The van der Waals surface area contributed by atoms with Crippen LogP contribution in [-0.2, 0) is 4.79 Å². The van der Waals surface area contributed by atoms with Gasteiger partial charge in [-0.15, -0.1) is 0 Å². The van der Waals surface area contributed by atoms with Crippen molar-refractivity contribution < 1.29 is 9.53 Å². The number of rotatable bonds is 7. The highest BCUT2D eigenvalue weighted by molar-refractivity contribution is 7.99. The Balaban J connectivity index is 2.03. The summed E-state index contributed by atoms with van der Waals surface area (Å²) in [6, 6.07) is 18.1. The third kappa shape index (κ3) is 4.47. The van der Waals surface area contributed by atoms with E-state index in [0.29, 0.717) is 5.88 Å². The number of aryl methyl sites for hydroxylation is 2. The van der Waals surface area contributed by atoms with Crippen molar-refractivity contribution in [3.8, 4) is 11.6 Å². The second-order valence-electron chi connectivity index (χ2n) is 6.82. The topological polar surface area (TPSA) is 44.1 Å². The molecule has 0 spiro atoms. The number of benzene rings is 2. The van der Waals surface area contributed by atoms with E-state index in [2.05, 4.69) is 36.3 Å². The molecule has 0 fully saturated rings. The Hall–Kier alpha value is -2.53. The van der Waals surface area contributed by atoms with Gasteiger partial charge in [0.15, 0.2) is 0 Å². The average Bonchev–Trinajstić information content (AvgIpc) is 3.01. The quantitative estimate of drug-likeness (QED) is 0.462. The lowest BCUT2D eigenvalue weighted by Crippen LogP contribution is -2.21. The SMILES string of the molecule is CCC(CC)C(=O)Oc1c(Sc2ccc(C)cc2)c(C)nn1-c1ccccc1. The molecule has 0 saturated carbocycles. The van der Waals surface area contributed by atoms with Gasteiger partial charge in [-0.05, 0) is 51.0 Å². The Morgan fingerprint density at radius 2 is 1.68 bits per heavy atom. The number of ether oxygens (including phenoxy) is 1. The predicted molar refractivity (Wildman–Crippen MR) is 113 cm³/mol. The van der Waals surface area contributed by atoms with Crippen LogP contribution in [0.2, 0.25) is 0 Å². The zero-order valence-electron chi connectivity index (χ0n) is 16.8. The van der Waals surface area contributed by atoms with E-state index in [1.165, 1.54) is 5.56 Å². The van der Waals surface area contributed by atoms with Crippen LogP contribution in [0.1, 0.15) is 37.9 Å². The number of carbonyl (C=O) groups excluding carboxylic acids is 1. The van der Waals surface area contributed by atoms with Crippen molar-refractivity contribution in [2.45, 2.75) is 50.3 Å². The van der Waals surface area contributed by atoms with Gasteiger partial charge in [-0.3, -0.25) is 4.79 Å². The van der Waals surface area contributed by atoms with E-state index in [1.807, 2.05) is 51.1 Å². The molecule has 0 N–H and O–H groups in total. The van der Waals surface area contributed by atoms with Gasteiger partial charge in [0, 0.05) is 4.90 Å². The van der Waals surface area contributed by atoms with Gasteiger partial charge in [-0.25, -0.2) is 0 Å². The van der Waals surface area contributed by atoms with Gasteiger partial charge < -0.3 is 4.74 Å². The van der Waals surface area contributed by atoms with Gasteiger partial charge in [-0.2, -0.15) is 9.78 Å². The van der Waals surface area contributed by atoms with Crippen molar-refractivity contribution in [2.24, 2.45) is 5.92 Å². The number of hydrogen-bond acceptors (Lipinski definition) is 4. The zero-order chi connectivity index (χ0) is 20.1. The minimum atomic E-state index is -0.201. The molecule has 0 aliphatic carbocycles. The van der Waals surface area contributed by atoms with Gasteiger partial charge in [0.2, 0.25) is 5.88 Å². The predicted octanol–water partition coefficient (Wildman–Crippen LogP) is 5.98. The Kier molecular flexibility index (Phi) is 6.57. The van der Waals surface area contributed by atoms with E-state index < -0.39 is 0 Å². The first-order chi connectivity index (χ1) is 13.5. The van der Waals surface area contributed by atoms with Crippen LogP contribution in [0.3, 0.4) is 0 Å². The Labute approximate surface area is 170 Å². The number of hydrogen-bond donors (Lipinski definition) is 0. The van der Waals surface area contributed by atoms with Gasteiger partial charge in [0.25, 0.3) is 0 Å². The Morgan fingerprint density at radius 3 is 2.29 bits per heavy atom. The molecule has 3 aromatic rings. The molecule has 0 atom stereocenters. The molecule has 28 heavy (non-hydrogen) atoms. The van der Waals surface area contributed by atoms with E-state index >= 15 is 0 Å². The van der Waals surface area contributed by atoms with E-state index in [-0.39, 0.29) is 11.9 Å². The number of esters is 1. The summed E-state index contributed by atoms with van der Waals surface area (Å²) >= 11 is 1.57. The maximum Gasteiger partial charge on any atom is 0.315 e. The van der Waals surface area contributed by atoms with Crippen molar-refractivity contribution in [1.29, 1.82) is 0 Å². The van der Waals surface area contributed by atoms with Crippen LogP contribution in [0.4, 0.5) is 0 Å². The average molecular weight is 395 g/mol. The summed E-state index contributed by atoms with van der Waals surface area (Å²) in [5.74, 6) is 0.177. The minimum absolute atomic E-state index is 0.114. The van der Waals surface area contributed by atoms with Crippen LogP contribution < -0.4 is 4.74 Å². The fourth-order valence-corrected chi connectivity index (χ4v) is 3.88. The third-order valence-electron chi connectivity index (χ3n) is 4.72. The van der Waals surface area contributed by atoms with Crippen molar-refractivity contribution >= 4 is 17.7 Å². The lowest BCUT2D eigenvalue weighted by atomic mass is 10.0. The molecule has 5 heteroatoms. The molecular formula is C23H26N2O2S. The Morgan fingerprint density at radius 1 is 1.04 bits per heavy atom. The third-order valence-corrected chi connectivity index (χ3v) is 5.91. The molecule has 1 aromatic heterocycles. The van der Waals surface area contributed by atoms with Crippen LogP contribution in [0.5, 0.6) is 5.88 Å². The molecule has 0 bridgehead atoms. The molecule has 146 valence electrons. The lowest BCUT2D eigenvalue weighted by molar-refractivity contribution is -0.139. The summed E-state index contributed by atoms with van der Waals surface area (Å²) in [7, 11) is 0. The molecule has 4 nitrogen and oxygen atoms in total. The van der Waals surface area contributed by atoms with Gasteiger partial charge in [-0.1, -0.05) is 61.5 Å². The van der Waals surface area contributed by atoms with Crippen LogP contribution in [0, 0.1) is 19.8 Å². The number of aromatic nitrogens is 2. The van der Waals surface area contributed by atoms with Crippen molar-refractivity contribution in [2.75, 3.05) is 0 Å². The van der Waals surface area contributed by atoms with Gasteiger partial charge in [0.05, 0.1) is 22.2 Å². The highest BCUT2D eigenvalue weighted by Gasteiger charge is 2.25. The molecule has 0 saturated heterocycles. The van der Waals surface area contributed by atoms with Crippen molar-refractivity contribution in [3.63, 3.8) is 0 Å².